The number of sulfone groups is 1. The molecule has 4 rings (SSSR count). The molecule has 38 heavy (non-hydrogen) atoms. The normalized spacial score (nSPS) is 15.2. The maximum absolute atomic E-state index is 13.7. The molecule has 0 aliphatic carbocycles. The maximum Gasteiger partial charge on any atom is 0.417 e. The molecule has 1 aliphatic heterocycles. The number of amides is 1. The number of hydrogen-bond acceptors (Lipinski definition) is 6. The van der Waals surface area contributed by atoms with E-state index in [-0.39, 0.29) is 55.7 Å². The van der Waals surface area contributed by atoms with Crippen LogP contribution in [0.5, 0.6) is 0 Å². The number of carbonyl (C=O) groups excluding carboxylic acids is 1. The summed E-state index contributed by atoms with van der Waals surface area (Å²) in [5.41, 5.74) is -1.47. The van der Waals surface area contributed by atoms with Crippen LogP contribution in [0.15, 0.2) is 81.9 Å². The van der Waals surface area contributed by atoms with Crippen molar-refractivity contribution >= 4 is 38.2 Å². The lowest BCUT2D eigenvalue weighted by molar-refractivity contribution is -0.140. The first-order chi connectivity index (χ1) is 17.4. The summed E-state index contributed by atoms with van der Waals surface area (Å²) in [6.07, 6.45) is -0.0332. The highest BCUT2D eigenvalue weighted by Gasteiger charge is 2.39. The number of nitrogens with one attached hydrogen (secondary N) is 1. The summed E-state index contributed by atoms with van der Waals surface area (Å²) in [6.45, 7) is 0.471. The molecular weight excluding hydrogens is 569 g/mol. The lowest BCUT2D eigenvalue weighted by Gasteiger charge is -2.32. The number of rotatable bonds is 7. The highest BCUT2D eigenvalue weighted by atomic mass is 35.5. The van der Waals surface area contributed by atoms with Crippen LogP contribution in [0.3, 0.4) is 0 Å². The van der Waals surface area contributed by atoms with Crippen molar-refractivity contribution in [3.05, 3.63) is 72.8 Å². The fraction of sp³-hybridized carbons (Fsp3) is 0.304. The maximum atomic E-state index is 13.7. The van der Waals surface area contributed by atoms with E-state index in [0.717, 1.165) is 6.07 Å². The van der Waals surface area contributed by atoms with E-state index in [0.29, 0.717) is 12.1 Å². The van der Waals surface area contributed by atoms with Gasteiger partial charge >= 0.3 is 6.18 Å². The molecule has 15 heteroatoms. The summed E-state index contributed by atoms with van der Waals surface area (Å²) in [6, 6.07) is 8.00. The van der Waals surface area contributed by atoms with Crippen molar-refractivity contribution in [1.82, 2.24) is 19.2 Å². The topological polar surface area (TPSA) is 118 Å². The standard InChI is InChI=1S/C23H23F3N4O5S2.ClH/c24-23(25,26)20-7-6-19(36(32,33)18-4-2-1-3-5-18)14-21(20)37(34,35)28-17-8-11-30(12-9-17)22(31)15-29-13-10-27-16-29;/h1-7,10,13-14,16-17,28H,8-9,11-12,15H2;1H. The van der Waals surface area contributed by atoms with E-state index in [1.165, 1.54) is 36.8 Å². The number of sulfonamides is 1. The van der Waals surface area contributed by atoms with Crippen molar-refractivity contribution in [1.29, 1.82) is 0 Å². The molecule has 1 saturated heterocycles. The Morgan fingerprint density at radius 3 is 2.24 bits per heavy atom. The molecule has 1 aliphatic rings. The van der Waals surface area contributed by atoms with Gasteiger partial charge in [0, 0.05) is 31.5 Å². The number of benzene rings is 2. The Kier molecular flexibility index (Phi) is 8.91. The first-order valence-electron chi connectivity index (χ1n) is 11.2. The number of halogens is 4. The van der Waals surface area contributed by atoms with Gasteiger partial charge in [-0.1, -0.05) is 18.2 Å². The molecule has 1 fully saturated rings. The van der Waals surface area contributed by atoms with Crippen LogP contribution >= 0.6 is 12.4 Å². The zero-order valence-corrected chi connectivity index (χ0v) is 22.2. The number of hydrogen-bond donors (Lipinski definition) is 1. The van der Waals surface area contributed by atoms with E-state index in [1.807, 2.05) is 0 Å². The zero-order chi connectivity index (χ0) is 26.8. The quantitative estimate of drug-likeness (QED) is 0.450. The second-order valence-corrected chi connectivity index (χ2v) is 12.1. The third-order valence-electron chi connectivity index (χ3n) is 5.96. The molecule has 2 heterocycles. The molecule has 1 aromatic heterocycles. The lowest BCUT2D eigenvalue weighted by Crippen LogP contribution is -2.47. The van der Waals surface area contributed by atoms with Crippen molar-refractivity contribution in [3.63, 3.8) is 0 Å². The lowest BCUT2D eigenvalue weighted by atomic mass is 10.1. The Morgan fingerprint density at radius 2 is 1.66 bits per heavy atom. The van der Waals surface area contributed by atoms with Gasteiger partial charge < -0.3 is 9.47 Å². The van der Waals surface area contributed by atoms with Crippen LogP contribution in [0.1, 0.15) is 18.4 Å². The monoisotopic (exact) mass is 592 g/mol. The van der Waals surface area contributed by atoms with Crippen LogP contribution in [-0.4, -0.2) is 56.3 Å². The third-order valence-corrected chi connectivity index (χ3v) is 9.29. The van der Waals surface area contributed by atoms with Crippen LogP contribution < -0.4 is 4.72 Å². The van der Waals surface area contributed by atoms with Gasteiger partial charge in [-0.05, 0) is 43.2 Å². The van der Waals surface area contributed by atoms with Gasteiger partial charge in [-0.3, -0.25) is 4.79 Å². The van der Waals surface area contributed by atoms with E-state index in [2.05, 4.69) is 9.71 Å². The Morgan fingerprint density at radius 1 is 1.00 bits per heavy atom. The molecule has 3 aromatic rings. The number of alkyl halides is 3. The summed E-state index contributed by atoms with van der Waals surface area (Å²) in [5.74, 6) is -0.197. The van der Waals surface area contributed by atoms with Gasteiger partial charge in [-0.15, -0.1) is 12.4 Å². The van der Waals surface area contributed by atoms with Crippen molar-refractivity contribution in [2.45, 2.75) is 46.3 Å². The summed E-state index contributed by atoms with van der Waals surface area (Å²) < 4.78 is 97.1. The number of piperidine rings is 1. The summed E-state index contributed by atoms with van der Waals surface area (Å²) >= 11 is 0. The molecule has 0 radical (unpaired) electrons. The second-order valence-electron chi connectivity index (χ2n) is 8.48. The Bertz CT molecular complexity index is 1470. The Hall–Kier alpha value is -2.94. The Labute approximate surface area is 224 Å². The van der Waals surface area contributed by atoms with E-state index < -0.39 is 47.4 Å². The summed E-state index contributed by atoms with van der Waals surface area (Å²) in [4.78, 5) is 15.9. The molecule has 206 valence electrons. The molecule has 1 N–H and O–H groups in total. The number of carbonyl (C=O) groups is 1. The van der Waals surface area contributed by atoms with Crippen molar-refractivity contribution in [3.8, 4) is 0 Å². The van der Waals surface area contributed by atoms with Gasteiger partial charge in [0.25, 0.3) is 0 Å². The van der Waals surface area contributed by atoms with E-state index in [1.54, 1.807) is 21.7 Å². The van der Waals surface area contributed by atoms with Gasteiger partial charge in [0.05, 0.1) is 26.6 Å². The molecule has 0 atom stereocenters. The van der Waals surface area contributed by atoms with Crippen LogP contribution in [0.4, 0.5) is 13.2 Å². The smallest absolute Gasteiger partial charge is 0.341 e. The molecule has 1 amide bonds. The summed E-state index contributed by atoms with van der Waals surface area (Å²) in [7, 11) is -9.03. The highest BCUT2D eigenvalue weighted by molar-refractivity contribution is 7.91. The number of likely N-dealkylation sites (tertiary alicyclic amines) is 1. The van der Waals surface area contributed by atoms with Crippen molar-refractivity contribution in [2.75, 3.05) is 13.1 Å². The zero-order valence-electron chi connectivity index (χ0n) is 19.7. The molecular formula is C23H24ClF3N4O5S2. The first kappa shape index (κ1) is 29.6. The minimum absolute atomic E-state index is 0. The summed E-state index contributed by atoms with van der Waals surface area (Å²) in [5, 5.41) is 0. The van der Waals surface area contributed by atoms with Gasteiger partial charge in [-0.25, -0.2) is 26.5 Å². The van der Waals surface area contributed by atoms with Crippen molar-refractivity contribution < 1.29 is 34.8 Å². The first-order valence-corrected chi connectivity index (χ1v) is 14.1. The number of imidazole rings is 1. The van der Waals surface area contributed by atoms with Gasteiger partial charge in [0.1, 0.15) is 6.54 Å². The fourth-order valence-corrected chi connectivity index (χ4v) is 6.97. The minimum Gasteiger partial charge on any atom is -0.341 e. The number of nitrogens with zero attached hydrogens (tertiary/aromatic N) is 3. The van der Waals surface area contributed by atoms with Gasteiger partial charge in [0.15, 0.2) is 0 Å². The average Bonchev–Trinajstić information content (AvgIpc) is 3.37. The van der Waals surface area contributed by atoms with E-state index in [4.69, 9.17) is 0 Å². The largest absolute Gasteiger partial charge is 0.417 e. The molecule has 0 bridgehead atoms. The highest BCUT2D eigenvalue weighted by Crippen LogP contribution is 2.36. The SMILES string of the molecule is Cl.O=C(Cn1ccnc1)N1CCC(NS(=O)(=O)c2cc(S(=O)(=O)c3ccccc3)ccc2C(F)(F)F)CC1. The molecule has 0 saturated carbocycles. The van der Waals surface area contributed by atoms with Gasteiger partial charge in [-0.2, -0.15) is 13.2 Å². The minimum atomic E-state index is -5.04. The average molecular weight is 593 g/mol. The fourth-order valence-electron chi connectivity index (χ4n) is 4.03. The molecule has 0 unspecified atom stereocenters. The van der Waals surface area contributed by atoms with Gasteiger partial charge in [0.2, 0.25) is 25.8 Å². The number of aromatic nitrogens is 2. The van der Waals surface area contributed by atoms with Crippen LogP contribution in [-0.2, 0) is 37.4 Å². The van der Waals surface area contributed by atoms with Crippen LogP contribution in [0, 0.1) is 0 Å². The predicted octanol–water partition coefficient (Wildman–Crippen LogP) is 3.13. The van der Waals surface area contributed by atoms with Crippen LogP contribution in [0.2, 0.25) is 0 Å². The second kappa shape index (κ2) is 11.4. The van der Waals surface area contributed by atoms with E-state index in [9.17, 15) is 34.8 Å². The van der Waals surface area contributed by atoms with Crippen LogP contribution in [0.25, 0.3) is 0 Å². The van der Waals surface area contributed by atoms with Crippen molar-refractivity contribution in [2.24, 2.45) is 0 Å². The third kappa shape index (κ3) is 6.54. The molecule has 9 nitrogen and oxygen atoms in total. The predicted molar refractivity (Wildman–Crippen MR) is 133 cm³/mol. The van der Waals surface area contributed by atoms with E-state index >= 15 is 0 Å². The molecule has 0 spiro atoms. The Balaban J connectivity index is 0.00000400. The molecule has 2 aromatic carbocycles.